The second-order valence-electron chi connectivity index (χ2n) is 29.8. The molecule has 0 spiro atoms. The highest BCUT2D eigenvalue weighted by atomic mass is 16.4. The molecule has 0 aromatic rings. The number of aliphatic hydroxyl groups excluding tert-OH is 3. The molecule has 0 aromatic heterocycles. The number of aliphatic carboxylic acids is 1. The second-order valence-corrected chi connectivity index (χ2v) is 29.8. The monoisotopic (exact) mass is 955 g/mol. The van der Waals surface area contributed by atoms with Gasteiger partial charge in [-0.05, 0) is 218 Å². The molecule has 69 heavy (non-hydrogen) atoms. The number of rotatable bonds is 4. The Labute approximate surface area is 416 Å². The van der Waals surface area contributed by atoms with Crippen molar-refractivity contribution in [1.82, 2.24) is 0 Å². The summed E-state index contributed by atoms with van der Waals surface area (Å²) in [5.74, 6) is 1.30. The number of Topliss-reactive ketones (excluding diaryl/α,β-unsaturated/α-hetero) is 1. The molecule has 0 heterocycles. The summed E-state index contributed by atoms with van der Waals surface area (Å²) >= 11 is 0. The van der Waals surface area contributed by atoms with Crippen LogP contribution in [0.25, 0.3) is 0 Å². The summed E-state index contributed by atoms with van der Waals surface area (Å²) in [6.45, 7) is 30.0. The molecule has 8 saturated carbocycles. The minimum absolute atomic E-state index is 0.0178. The predicted octanol–water partition coefficient (Wildman–Crippen LogP) is 12.2. The standard InChI is InChI=1S/C31H48O4.C30H46O4/c1-27(2)20(17-32)8-11-29(4)25(27)9-12-31(6)26(29)23(34)16-22-21-15-19(24(35)18-33)7-10-28(21,3)13-14-30(22,31)5;1-25(2)21-8-11-30(7)23(28(21,5)10-9-22(25)32)20(31)16-18-19-17-27(4,24(33)34)13-12-26(19,3)14-15-29(18,30)6/h16,19-21,25-26,32-33H,7-15,17-18H2,1-6H3;16,19,21-23,32H,8-15,17H2,1-7H3,(H,33,34)/t19-,20+,21-,25-,26+,28+,29-,30+,31+;19-,21-,22-,23+,26+,27-,28-,29+,30+/m00/s1. The molecule has 0 aliphatic heterocycles. The van der Waals surface area contributed by atoms with Crippen LogP contribution >= 0.6 is 0 Å². The van der Waals surface area contributed by atoms with Gasteiger partial charge in [-0.1, -0.05) is 94.2 Å². The van der Waals surface area contributed by atoms with Crippen LogP contribution in [0.5, 0.6) is 0 Å². The molecule has 8 fully saturated rings. The summed E-state index contributed by atoms with van der Waals surface area (Å²) in [4.78, 5) is 53.2. The molecule has 10 aliphatic carbocycles. The number of allylic oxidation sites excluding steroid dienone is 4. The number of carboxylic acid groups (broad SMARTS) is 1. The Morgan fingerprint density at radius 1 is 0.565 bits per heavy atom. The van der Waals surface area contributed by atoms with Crippen LogP contribution in [0.4, 0.5) is 0 Å². The summed E-state index contributed by atoms with van der Waals surface area (Å²) in [5, 5.41) is 40.6. The lowest BCUT2D eigenvalue weighted by Crippen LogP contribution is -2.66. The number of carboxylic acids is 1. The van der Waals surface area contributed by atoms with E-state index in [9.17, 15) is 39.6 Å². The molecular formula is C61H94O8. The summed E-state index contributed by atoms with van der Waals surface area (Å²) in [6.07, 6.45) is 21.1. The Kier molecular flexibility index (Phi) is 12.1. The van der Waals surface area contributed by atoms with Crippen LogP contribution in [-0.2, 0) is 19.2 Å². The van der Waals surface area contributed by atoms with E-state index >= 15 is 0 Å². The molecule has 386 valence electrons. The first-order valence-electron chi connectivity index (χ1n) is 28.0. The Hall–Kier alpha value is -2.16. The Morgan fingerprint density at radius 2 is 1.04 bits per heavy atom. The third-order valence-electron chi connectivity index (χ3n) is 26.4. The van der Waals surface area contributed by atoms with E-state index in [0.29, 0.717) is 30.0 Å². The van der Waals surface area contributed by atoms with Crippen LogP contribution in [0.1, 0.15) is 206 Å². The van der Waals surface area contributed by atoms with Gasteiger partial charge in [0.05, 0.1) is 11.5 Å². The van der Waals surface area contributed by atoms with E-state index in [1.165, 1.54) is 11.1 Å². The SMILES string of the molecule is CC1(C)[C@@H](CO)CC[C@]2(C)[C@H]3C(=O)C=C4[C@@H]5C[C@@H](C(=O)CO)CC[C@]5(C)CC[C@@]4(C)[C@]3(C)CC[C@@H]12.CC1(C)[C@@H](O)CC[C@]2(C)[C@H]3C(=O)C=C4[C@@H]5C[C@@](C)(C(=O)O)CC[C@]5(C)CC[C@@]4(C)[C@]3(C)CC[C@@H]12. The number of carbonyl (C=O) groups excluding carboxylic acids is 3. The van der Waals surface area contributed by atoms with E-state index in [2.05, 4.69) is 89.2 Å². The number of aliphatic hydroxyl groups is 3. The number of ketones is 3. The van der Waals surface area contributed by atoms with Crippen molar-refractivity contribution in [2.75, 3.05) is 13.2 Å². The molecule has 8 nitrogen and oxygen atoms in total. The molecule has 0 bridgehead atoms. The minimum atomic E-state index is -0.711. The topological polar surface area (TPSA) is 149 Å². The molecule has 0 radical (unpaired) electrons. The Morgan fingerprint density at radius 3 is 1.55 bits per heavy atom. The Bertz CT molecular complexity index is 2220. The van der Waals surface area contributed by atoms with Crippen molar-refractivity contribution in [1.29, 1.82) is 0 Å². The van der Waals surface area contributed by atoms with Crippen molar-refractivity contribution < 1.29 is 39.6 Å². The quantitative estimate of drug-likeness (QED) is 0.218. The second kappa shape index (κ2) is 16.2. The van der Waals surface area contributed by atoms with E-state index in [-0.39, 0.29) is 115 Å². The van der Waals surface area contributed by atoms with Gasteiger partial charge in [0.25, 0.3) is 0 Å². The van der Waals surface area contributed by atoms with Crippen LogP contribution in [0.2, 0.25) is 0 Å². The number of hydrogen-bond acceptors (Lipinski definition) is 7. The highest BCUT2D eigenvalue weighted by molar-refractivity contribution is 5.96. The molecule has 10 rings (SSSR count). The zero-order chi connectivity index (χ0) is 50.7. The summed E-state index contributed by atoms with van der Waals surface area (Å²) in [7, 11) is 0. The highest BCUT2D eigenvalue weighted by Crippen LogP contribution is 2.77. The maximum atomic E-state index is 14.3. The van der Waals surface area contributed by atoms with E-state index in [0.717, 1.165) is 109 Å². The van der Waals surface area contributed by atoms with Crippen LogP contribution < -0.4 is 0 Å². The lowest BCUT2D eigenvalue weighted by molar-refractivity contribution is -0.202. The van der Waals surface area contributed by atoms with Crippen molar-refractivity contribution in [3.05, 3.63) is 23.3 Å². The van der Waals surface area contributed by atoms with Gasteiger partial charge < -0.3 is 20.4 Å². The zero-order valence-corrected chi connectivity index (χ0v) is 45.4. The minimum Gasteiger partial charge on any atom is -0.481 e. The van der Waals surface area contributed by atoms with Gasteiger partial charge in [0, 0.05) is 24.4 Å². The molecule has 4 N–H and O–H groups in total. The lowest BCUT2D eigenvalue weighted by atomic mass is 9.33. The first kappa shape index (κ1) is 51.7. The molecule has 0 saturated heterocycles. The van der Waals surface area contributed by atoms with Crippen LogP contribution in [0.3, 0.4) is 0 Å². The smallest absolute Gasteiger partial charge is 0.309 e. The van der Waals surface area contributed by atoms with Gasteiger partial charge >= 0.3 is 5.97 Å². The van der Waals surface area contributed by atoms with Crippen LogP contribution in [-0.4, -0.2) is 63.1 Å². The van der Waals surface area contributed by atoms with Crippen LogP contribution in [0, 0.1) is 107 Å². The molecular weight excluding hydrogens is 861 g/mol. The van der Waals surface area contributed by atoms with Gasteiger partial charge in [-0.25, -0.2) is 0 Å². The van der Waals surface area contributed by atoms with Gasteiger partial charge in [-0.3, -0.25) is 19.2 Å². The third-order valence-corrected chi connectivity index (χ3v) is 26.4. The van der Waals surface area contributed by atoms with Crippen molar-refractivity contribution in [3.63, 3.8) is 0 Å². The number of carbonyl (C=O) groups is 4. The lowest BCUT2D eigenvalue weighted by Gasteiger charge is -2.70. The summed E-state index contributed by atoms with van der Waals surface area (Å²) in [5.41, 5.74) is 1.47. The van der Waals surface area contributed by atoms with E-state index in [4.69, 9.17) is 0 Å². The van der Waals surface area contributed by atoms with Crippen molar-refractivity contribution in [2.45, 2.75) is 212 Å². The van der Waals surface area contributed by atoms with Gasteiger partial charge in [0.2, 0.25) is 0 Å². The van der Waals surface area contributed by atoms with Crippen LogP contribution in [0.15, 0.2) is 23.3 Å². The summed E-state index contributed by atoms with van der Waals surface area (Å²) < 4.78 is 0. The zero-order valence-electron chi connectivity index (χ0n) is 45.4. The molecule has 0 amide bonds. The molecule has 18 atom stereocenters. The maximum absolute atomic E-state index is 14.3. The maximum Gasteiger partial charge on any atom is 0.309 e. The number of fused-ring (bicyclic) bond motifs is 14. The molecule has 0 aromatic carbocycles. The normalized spacial score (nSPS) is 52.4. The fourth-order valence-corrected chi connectivity index (χ4v) is 21.2. The van der Waals surface area contributed by atoms with E-state index in [1.54, 1.807) is 0 Å². The third kappa shape index (κ3) is 6.86. The van der Waals surface area contributed by atoms with Crippen molar-refractivity contribution in [2.24, 2.45) is 107 Å². The van der Waals surface area contributed by atoms with Gasteiger partial charge in [0.15, 0.2) is 17.3 Å². The van der Waals surface area contributed by atoms with Gasteiger partial charge in [0.1, 0.15) is 6.61 Å². The van der Waals surface area contributed by atoms with Crippen molar-refractivity contribution >= 4 is 23.3 Å². The highest BCUT2D eigenvalue weighted by Gasteiger charge is 2.72. The predicted molar refractivity (Wildman–Crippen MR) is 271 cm³/mol. The fourth-order valence-electron chi connectivity index (χ4n) is 21.2. The van der Waals surface area contributed by atoms with Gasteiger partial charge in [-0.15, -0.1) is 0 Å². The van der Waals surface area contributed by atoms with Gasteiger partial charge in [-0.2, -0.15) is 0 Å². The summed E-state index contributed by atoms with van der Waals surface area (Å²) in [6, 6.07) is 0. The average molecular weight is 955 g/mol. The molecule has 0 unspecified atom stereocenters. The van der Waals surface area contributed by atoms with Crippen molar-refractivity contribution in [3.8, 4) is 0 Å². The van der Waals surface area contributed by atoms with E-state index < -0.39 is 11.4 Å². The largest absolute Gasteiger partial charge is 0.481 e. The number of hydrogen-bond donors (Lipinski definition) is 4. The first-order valence-corrected chi connectivity index (χ1v) is 28.0. The Balaban J connectivity index is 0.000000172. The average Bonchev–Trinajstić information content (AvgIpc) is 3.26. The van der Waals surface area contributed by atoms with E-state index in [1.807, 2.05) is 13.0 Å². The first-order chi connectivity index (χ1) is 31.8. The molecule has 10 aliphatic rings. The fraction of sp³-hybridized carbons (Fsp3) is 0.869. The molecule has 8 heteroatoms.